The number of pyridine rings is 2. The van der Waals surface area contributed by atoms with Crippen LogP contribution in [0.5, 0.6) is 5.75 Å². The maximum atomic E-state index is 11.4. The van der Waals surface area contributed by atoms with Crippen molar-refractivity contribution < 1.29 is 14.3 Å². The van der Waals surface area contributed by atoms with E-state index in [-0.39, 0.29) is 11.8 Å². The topological polar surface area (TPSA) is 89.1 Å². The number of unbranched alkanes of at least 4 members (excludes halogenated alkanes) is 1. The molecule has 0 spiro atoms. The Hall–Kier alpha value is -2.93. The van der Waals surface area contributed by atoms with Crippen LogP contribution in [0.15, 0.2) is 30.6 Å². The molecule has 3 aromatic rings. The lowest BCUT2D eigenvalue weighted by atomic mass is 10.0. The van der Waals surface area contributed by atoms with Crippen LogP contribution in [0.2, 0.25) is 0 Å². The van der Waals surface area contributed by atoms with Gasteiger partial charge in [-0.05, 0) is 18.9 Å². The zero-order valence-electron chi connectivity index (χ0n) is 16.8. The number of amides is 1. The number of aromatic nitrogens is 3. The fraction of sp³-hybridized carbons (Fsp3) is 0.409. The number of hydrogen-bond donors (Lipinski definition) is 2. The van der Waals surface area contributed by atoms with Crippen molar-refractivity contribution in [3.63, 3.8) is 0 Å². The molecule has 29 heavy (non-hydrogen) atoms. The highest BCUT2D eigenvalue weighted by molar-refractivity contribution is 5.97. The Kier molecular flexibility index (Phi) is 5.76. The number of carbonyl (C=O) groups is 1. The largest absolute Gasteiger partial charge is 0.493 e. The molecule has 1 aliphatic heterocycles. The highest BCUT2D eigenvalue weighted by Gasteiger charge is 2.21. The van der Waals surface area contributed by atoms with Crippen LogP contribution in [0.1, 0.15) is 44.7 Å². The van der Waals surface area contributed by atoms with Crippen LogP contribution in [0.25, 0.3) is 22.2 Å². The molecule has 4 rings (SSSR count). The first kappa shape index (κ1) is 19.4. The summed E-state index contributed by atoms with van der Waals surface area (Å²) in [6, 6.07) is 5.89. The van der Waals surface area contributed by atoms with E-state index in [0.29, 0.717) is 19.0 Å². The number of anilines is 1. The Morgan fingerprint density at radius 3 is 3.03 bits per heavy atom. The highest BCUT2D eigenvalue weighted by atomic mass is 16.5. The normalized spacial score (nSPS) is 16.3. The molecule has 1 atom stereocenters. The first-order chi connectivity index (χ1) is 14.1. The minimum atomic E-state index is -0.151. The van der Waals surface area contributed by atoms with Crippen molar-refractivity contribution in [1.29, 1.82) is 0 Å². The molecule has 1 fully saturated rings. The Labute approximate surface area is 169 Å². The molecule has 1 saturated heterocycles. The quantitative estimate of drug-likeness (QED) is 0.584. The van der Waals surface area contributed by atoms with Crippen molar-refractivity contribution in [2.75, 3.05) is 25.1 Å². The number of ether oxygens (including phenoxy) is 2. The van der Waals surface area contributed by atoms with E-state index in [2.05, 4.69) is 22.2 Å². The van der Waals surface area contributed by atoms with Crippen molar-refractivity contribution in [2.45, 2.75) is 39.0 Å². The van der Waals surface area contributed by atoms with Gasteiger partial charge in [0.2, 0.25) is 5.91 Å². The van der Waals surface area contributed by atoms with E-state index in [1.54, 1.807) is 6.20 Å². The second-order valence-corrected chi connectivity index (χ2v) is 7.37. The second kappa shape index (κ2) is 8.61. The van der Waals surface area contributed by atoms with Crippen LogP contribution in [0.3, 0.4) is 0 Å². The molecule has 1 amide bonds. The molecule has 7 nitrogen and oxygen atoms in total. The molecule has 7 heteroatoms. The molecule has 152 valence electrons. The number of aromatic amines is 1. The highest BCUT2D eigenvalue weighted by Crippen LogP contribution is 2.34. The first-order valence-electron chi connectivity index (χ1n) is 10.1. The maximum absolute atomic E-state index is 11.4. The lowest BCUT2D eigenvalue weighted by Crippen LogP contribution is -2.07. The molecule has 0 aliphatic carbocycles. The third kappa shape index (κ3) is 4.40. The fourth-order valence-corrected chi connectivity index (χ4v) is 3.54. The van der Waals surface area contributed by atoms with Gasteiger partial charge in [0.15, 0.2) is 0 Å². The van der Waals surface area contributed by atoms with E-state index in [9.17, 15) is 4.79 Å². The molecule has 1 aliphatic rings. The number of hydrogen-bond acceptors (Lipinski definition) is 5. The van der Waals surface area contributed by atoms with E-state index < -0.39 is 0 Å². The second-order valence-electron chi connectivity index (χ2n) is 7.37. The van der Waals surface area contributed by atoms with Crippen LogP contribution in [0.4, 0.5) is 5.82 Å². The predicted molar refractivity (Wildman–Crippen MR) is 112 cm³/mol. The van der Waals surface area contributed by atoms with Gasteiger partial charge in [-0.15, -0.1) is 0 Å². The van der Waals surface area contributed by atoms with Crippen molar-refractivity contribution in [1.82, 2.24) is 15.0 Å². The lowest BCUT2D eigenvalue weighted by Gasteiger charge is -2.13. The van der Waals surface area contributed by atoms with E-state index in [4.69, 9.17) is 14.5 Å². The minimum absolute atomic E-state index is 0.151. The van der Waals surface area contributed by atoms with E-state index >= 15 is 0 Å². The average Bonchev–Trinajstić information content (AvgIpc) is 3.37. The molecule has 2 N–H and O–H groups in total. The van der Waals surface area contributed by atoms with Crippen LogP contribution in [0, 0.1) is 0 Å². The number of rotatable bonds is 7. The van der Waals surface area contributed by atoms with Gasteiger partial charge in [-0.25, -0.2) is 4.98 Å². The van der Waals surface area contributed by atoms with Gasteiger partial charge < -0.3 is 19.8 Å². The summed E-state index contributed by atoms with van der Waals surface area (Å²) in [6.45, 7) is 5.76. The summed E-state index contributed by atoms with van der Waals surface area (Å²) in [4.78, 5) is 23.9. The van der Waals surface area contributed by atoms with Crippen molar-refractivity contribution in [3.8, 4) is 17.0 Å². The molecule has 1 unspecified atom stereocenters. The van der Waals surface area contributed by atoms with E-state index in [0.717, 1.165) is 59.5 Å². The summed E-state index contributed by atoms with van der Waals surface area (Å²) in [5, 5.41) is 3.70. The summed E-state index contributed by atoms with van der Waals surface area (Å²) in [5.41, 5.74) is 3.68. The van der Waals surface area contributed by atoms with Gasteiger partial charge in [0, 0.05) is 48.7 Å². The summed E-state index contributed by atoms with van der Waals surface area (Å²) in [6.07, 6.45) is 6.71. The van der Waals surface area contributed by atoms with Gasteiger partial charge in [0.05, 0.1) is 36.3 Å². The summed E-state index contributed by atoms with van der Waals surface area (Å²) >= 11 is 0. The van der Waals surface area contributed by atoms with Crippen LogP contribution < -0.4 is 10.1 Å². The molecule has 0 bridgehead atoms. The number of nitrogens with zero attached hydrogens (tertiary/aromatic N) is 2. The Balaban J connectivity index is 1.75. The Bertz CT molecular complexity index is 1010. The van der Waals surface area contributed by atoms with Crippen LogP contribution >= 0.6 is 0 Å². The van der Waals surface area contributed by atoms with Gasteiger partial charge in [0.1, 0.15) is 11.6 Å². The fourth-order valence-electron chi connectivity index (χ4n) is 3.54. The van der Waals surface area contributed by atoms with Gasteiger partial charge in [-0.3, -0.25) is 9.78 Å². The van der Waals surface area contributed by atoms with E-state index in [1.807, 2.05) is 24.4 Å². The molecule has 0 radical (unpaired) electrons. The van der Waals surface area contributed by atoms with Gasteiger partial charge in [-0.2, -0.15) is 0 Å². The van der Waals surface area contributed by atoms with Crippen molar-refractivity contribution in [3.05, 3.63) is 36.3 Å². The zero-order chi connectivity index (χ0) is 20.2. The molecule has 4 heterocycles. The first-order valence-corrected chi connectivity index (χ1v) is 10.1. The number of fused-ring (bicyclic) bond motifs is 1. The summed E-state index contributed by atoms with van der Waals surface area (Å²) in [7, 11) is 0. The molecule has 3 aromatic heterocycles. The lowest BCUT2D eigenvalue weighted by molar-refractivity contribution is -0.114. The molecular weight excluding hydrogens is 368 g/mol. The Morgan fingerprint density at radius 1 is 1.38 bits per heavy atom. The van der Waals surface area contributed by atoms with E-state index in [1.165, 1.54) is 6.92 Å². The smallest absolute Gasteiger partial charge is 0.222 e. The monoisotopic (exact) mass is 394 g/mol. The predicted octanol–water partition coefficient (Wildman–Crippen LogP) is 4.27. The van der Waals surface area contributed by atoms with Crippen molar-refractivity contribution in [2.24, 2.45) is 0 Å². The number of carbonyl (C=O) groups excluding carboxylic acids is 1. The summed E-state index contributed by atoms with van der Waals surface area (Å²) < 4.78 is 11.6. The minimum Gasteiger partial charge on any atom is -0.493 e. The summed E-state index contributed by atoms with van der Waals surface area (Å²) in [5.74, 6) is 1.48. The molecular formula is C22H26N4O3. The maximum Gasteiger partial charge on any atom is 0.222 e. The zero-order valence-corrected chi connectivity index (χ0v) is 16.8. The van der Waals surface area contributed by atoms with Gasteiger partial charge >= 0.3 is 0 Å². The third-order valence-corrected chi connectivity index (χ3v) is 5.08. The molecule has 0 saturated carbocycles. The SMILES string of the molecule is CCCCOc1cc(-c2c[nH]c3cnc(NC(C)=O)cc23)nc(C2CCOC2)c1. The van der Waals surface area contributed by atoms with Crippen LogP contribution in [-0.4, -0.2) is 40.7 Å². The standard InChI is InChI=1S/C22H26N4O3/c1-3-4-6-29-16-8-19(15-5-7-28-13-15)26-20(9-16)18-11-23-21-12-24-22(10-17(18)21)25-14(2)27/h8-12,15,23H,3-7,13H2,1-2H3,(H,24,25,27). The van der Waals surface area contributed by atoms with Gasteiger partial charge in [-0.1, -0.05) is 13.3 Å². The van der Waals surface area contributed by atoms with Gasteiger partial charge in [0.25, 0.3) is 0 Å². The third-order valence-electron chi connectivity index (χ3n) is 5.08. The molecule has 0 aromatic carbocycles. The number of nitrogens with one attached hydrogen (secondary N) is 2. The number of H-pyrrole nitrogens is 1. The Morgan fingerprint density at radius 2 is 2.28 bits per heavy atom. The average molecular weight is 394 g/mol. The van der Waals surface area contributed by atoms with Crippen LogP contribution in [-0.2, 0) is 9.53 Å². The van der Waals surface area contributed by atoms with Crippen molar-refractivity contribution >= 4 is 22.6 Å².